The van der Waals surface area contributed by atoms with Crippen LogP contribution in [0.15, 0.2) is 46.9 Å². The summed E-state index contributed by atoms with van der Waals surface area (Å²) in [6.45, 7) is 2.36. The Hall–Kier alpha value is -2.96. The number of hydrogen-bond donors (Lipinski definition) is 0. The van der Waals surface area contributed by atoms with Gasteiger partial charge in [0.15, 0.2) is 5.82 Å². The Morgan fingerprint density at radius 1 is 1.22 bits per heavy atom. The molecule has 7 nitrogen and oxygen atoms in total. The van der Waals surface area contributed by atoms with Gasteiger partial charge in [-0.15, -0.1) is 5.10 Å². The van der Waals surface area contributed by atoms with Crippen LogP contribution in [-0.4, -0.2) is 38.1 Å². The summed E-state index contributed by atoms with van der Waals surface area (Å²) >= 11 is 0. The molecule has 0 aliphatic heterocycles. The van der Waals surface area contributed by atoms with E-state index in [1.807, 2.05) is 49.4 Å². The number of aromatic nitrogens is 4. The van der Waals surface area contributed by atoms with Crippen LogP contribution in [-0.2, 0) is 17.9 Å². The SMILES string of the molecule is Cc1ccc(CN(C)C(=O)Cn2nnnc2-c2ccccc2)o1. The van der Waals surface area contributed by atoms with Gasteiger partial charge in [0.25, 0.3) is 0 Å². The average molecular weight is 311 g/mol. The highest BCUT2D eigenvalue weighted by atomic mass is 16.3. The second kappa shape index (κ2) is 6.43. The van der Waals surface area contributed by atoms with Gasteiger partial charge in [0.1, 0.15) is 18.1 Å². The van der Waals surface area contributed by atoms with Crippen molar-refractivity contribution in [3.63, 3.8) is 0 Å². The molecular weight excluding hydrogens is 294 g/mol. The number of tetrazole rings is 1. The molecule has 0 spiro atoms. The highest BCUT2D eigenvalue weighted by Crippen LogP contribution is 2.15. The van der Waals surface area contributed by atoms with Gasteiger partial charge in [-0.2, -0.15) is 0 Å². The van der Waals surface area contributed by atoms with Crippen LogP contribution < -0.4 is 0 Å². The molecule has 3 aromatic rings. The van der Waals surface area contributed by atoms with Gasteiger partial charge in [-0.1, -0.05) is 30.3 Å². The Bertz CT molecular complexity index is 794. The van der Waals surface area contributed by atoms with Gasteiger partial charge >= 0.3 is 0 Å². The lowest BCUT2D eigenvalue weighted by molar-refractivity contribution is -0.131. The summed E-state index contributed by atoms with van der Waals surface area (Å²) in [4.78, 5) is 14.0. The third kappa shape index (κ3) is 3.45. The van der Waals surface area contributed by atoms with E-state index in [1.54, 1.807) is 11.9 Å². The summed E-state index contributed by atoms with van der Waals surface area (Å²) in [5.41, 5.74) is 0.870. The monoisotopic (exact) mass is 311 g/mol. The van der Waals surface area contributed by atoms with E-state index in [9.17, 15) is 4.79 Å². The van der Waals surface area contributed by atoms with E-state index >= 15 is 0 Å². The summed E-state index contributed by atoms with van der Waals surface area (Å²) in [5.74, 6) is 2.05. The lowest BCUT2D eigenvalue weighted by Gasteiger charge is -2.16. The van der Waals surface area contributed by atoms with E-state index in [-0.39, 0.29) is 12.5 Å². The minimum atomic E-state index is -0.0939. The maximum Gasteiger partial charge on any atom is 0.244 e. The molecule has 0 saturated heterocycles. The molecule has 0 unspecified atom stereocenters. The Kier molecular flexibility index (Phi) is 4.18. The van der Waals surface area contributed by atoms with Crippen LogP contribution in [0.4, 0.5) is 0 Å². The summed E-state index contributed by atoms with van der Waals surface area (Å²) < 4.78 is 6.99. The lowest BCUT2D eigenvalue weighted by atomic mass is 10.2. The van der Waals surface area contributed by atoms with Crippen LogP contribution >= 0.6 is 0 Å². The fraction of sp³-hybridized carbons (Fsp3) is 0.250. The van der Waals surface area contributed by atoms with Gasteiger partial charge in [-0.05, 0) is 29.5 Å². The van der Waals surface area contributed by atoms with Crippen molar-refractivity contribution in [3.8, 4) is 11.4 Å². The lowest BCUT2D eigenvalue weighted by Crippen LogP contribution is -2.30. The number of furan rings is 1. The maximum atomic E-state index is 12.4. The number of nitrogens with zero attached hydrogens (tertiary/aromatic N) is 5. The highest BCUT2D eigenvalue weighted by Gasteiger charge is 2.16. The van der Waals surface area contributed by atoms with Crippen molar-refractivity contribution in [2.24, 2.45) is 0 Å². The molecule has 0 aliphatic carbocycles. The molecule has 3 rings (SSSR count). The maximum absolute atomic E-state index is 12.4. The zero-order valence-corrected chi connectivity index (χ0v) is 13.0. The summed E-state index contributed by atoms with van der Waals surface area (Å²) in [5, 5.41) is 11.6. The van der Waals surface area contributed by atoms with Crippen LogP contribution in [0.5, 0.6) is 0 Å². The minimum absolute atomic E-state index is 0.0768. The molecule has 0 bridgehead atoms. The Morgan fingerprint density at radius 2 is 2.00 bits per heavy atom. The molecule has 0 N–H and O–H groups in total. The van der Waals surface area contributed by atoms with Crippen LogP contribution in [0.2, 0.25) is 0 Å². The standard InChI is InChI=1S/C16H17N5O2/c1-12-8-9-14(23-12)10-20(2)15(22)11-21-16(17-18-19-21)13-6-4-3-5-7-13/h3-9H,10-11H2,1-2H3. The summed E-state index contributed by atoms with van der Waals surface area (Å²) in [6.07, 6.45) is 0. The number of carbonyl (C=O) groups is 1. The molecule has 0 saturated carbocycles. The third-order valence-electron chi connectivity index (χ3n) is 3.46. The smallest absolute Gasteiger partial charge is 0.244 e. The predicted molar refractivity (Wildman–Crippen MR) is 83.2 cm³/mol. The molecule has 0 fully saturated rings. The number of aryl methyl sites for hydroxylation is 1. The van der Waals surface area contributed by atoms with Crippen molar-refractivity contribution in [3.05, 3.63) is 54.0 Å². The van der Waals surface area contributed by atoms with Crippen molar-refractivity contribution in [2.45, 2.75) is 20.0 Å². The fourth-order valence-corrected chi connectivity index (χ4v) is 2.25. The van der Waals surface area contributed by atoms with E-state index in [2.05, 4.69) is 15.5 Å². The van der Waals surface area contributed by atoms with Gasteiger partial charge in [0.05, 0.1) is 6.54 Å². The largest absolute Gasteiger partial charge is 0.464 e. The molecule has 0 atom stereocenters. The van der Waals surface area contributed by atoms with Crippen molar-refractivity contribution >= 4 is 5.91 Å². The first-order chi connectivity index (χ1) is 11.1. The number of benzene rings is 1. The first kappa shape index (κ1) is 15.0. The molecule has 0 aliphatic rings. The fourth-order valence-electron chi connectivity index (χ4n) is 2.25. The second-order valence-electron chi connectivity index (χ2n) is 5.29. The molecule has 2 aromatic heterocycles. The molecule has 0 radical (unpaired) electrons. The Morgan fingerprint density at radius 3 is 2.70 bits per heavy atom. The summed E-state index contributed by atoms with van der Waals surface area (Å²) in [6, 6.07) is 13.3. The quantitative estimate of drug-likeness (QED) is 0.719. The highest BCUT2D eigenvalue weighted by molar-refractivity contribution is 5.76. The van der Waals surface area contributed by atoms with Crippen molar-refractivity contribution in [2.75, 3.05) is 7.05 Å². The molecule has 23 heavy (non-hydrogen) atoms. The van der Waals surface area contributed by atoms with Crippen molar-refractivity contribution < 1.29 is 9.21 Å². The number of hydrogen-bond acceptors (Lipinski definition) is 5. The zero-order valence-electron chi connectivity index (χ0n) is 13.0. The molecular formula is C16H17N5O2. The number of likely N-dealkylation sites (N-methyl/N-ethyl adjacent to an activating group) is 1. The molecule has 1 amide bonds. The van der Waals surface area contributed by atoms with Gasteiger partial charge in [-0.3, -0.25) is 4.79 Å². The Labute approximate surface area is 133 Å². The van der Waals surface area contributed by atoms with E-state index in [0.717, 1.165) is 17.1 Å². The van der Waals surface area contributed by atoms with E-state index in [1.165, 1.54) is 4.68 Å². The number of carbonyl (C=O) groups excluding carboxylic acids is 1. The topological polar surface area (TPSA) is 77.1 Å². The molecule has 1 aromatic carbocycles. The van der Waals surface area contributed by atoms with Crippen LogP contribution in [0.25, 0.3) is 11.4 Å². The van der Waals surface area contributed by atoms with Crippen molar-refractivity contribution in [1.82, 2.24) is 25.1 Å². The first-order valence-electron chi connectivity index (χ1n) is 7.24. The van der Waals surface area contributed by atoms with E-state index < -0.39 is 0 Å². The van der Waals surface area contributed by atoms with E-state index in [0.29, 0.717) is 12.4 Å². The minimum Gasteiger partial charge on any atom is -0.464 e. The van der Waals surface area contributed by atoms with Crippen molar-refractivity contribution in [1.29, 1.82) is 0 Å². The Balaban J connectivity index is 1.70. The van der Waals surface area contributed by atoms with Crippen LogP contribution in [0, 0.1) is 6.92 Å². The normalized spacial score (nSPS) is 10.7. The molecule has 7 heteroatoms. The molecule has 118 valence electrons. The second-order valence-corrected chi connectivity index (χ2v) is 5.29. The predicted octanol–water partition coefficient (Wildman–Crippen LogP) is 1.90. The molecule has 2 heterocycles. The van der Waals surface area contributed by atoms with Crippen LogP contribution in [0.3, 0.4) is 0 Å². The summed E-state index contributed by atoms with van der Waals surface area (Å²) in [7, 11) is 1.73. The number of amides is 1. The number of rotatable bonds is 5. The van der Waals surface area contributed by atoms with Gasteiger partial charge in [0.2, 0.25) is 5.91 Å². The third-order valence-corrected chi connectivity index (χ3v) is 3.46. The van der Waals surface area contributed by atoms with Gasteiger partial charge in [-0.25, -0.2) is 4.68 Å². The van der Waals surface area contributed by atoms with Gasteiger partial charge in [0, 0.05) is 12.6 Å². The first-order valence-corrected chi connectivity index (χ1v) is 7.24. The average Bonchev–Trinajstić information content (AvgIpc) is 3.17. The van der Waals surface area contributed by atoms with E-state index in [4.69, 9.17) is 4.42 Å². The van der Waals surface area contributed by atoms with Crippen LogP contribution in [0.1, 0.15) is 11.5 Å². The van der Waals surface area contributed by atoms with Gasteiger partial charge < -0.3 is 9.32 Å². The zero-order chi connectivity index (χ0) is 16.2.